The summed E-state index contributed by atoms with van der Waals surface area (Å²) in [6.07, 6.45) is 0. The Hall–Kier alpha value is -3.77. The third kappa shape index (κ3) is 5.07. The first-order chi connectivity index (χ1) is 16.3. The van der Waals surface area contributed by atoms with Crippen molar-refractivity contribution < 1.29 is 18.1 Å². The molecule has 0 atom stereocenters. The van der Waals surface area contributed by atoms with E-state index in [1.54, 1.807) is 7.11 Å². The number of methoxy groups -OCH3 is 1. The summed E-state index contributed by atoms with van der Waals surface area (Å²) in [6, 6.07) is 14.2. The van der Waals surface area contributed by atoms with Crippen molar-refractivity contribution in [2.24, 2.45) is 0 Å². The maximum Gasteiger partial charge on any atom is 0.269 e. The van der Waals surface area contributed by atoms with Gasteiger partial charge in [0.1, 0.15) is 11.6 Å². The number of aryl methyl sites for hydroxylation is 1. The highest BCUT2D eigenvalue weighted by Crippen LogP contribution is 2.24. The largest absolute Gasteiger partial charge is 0.497 e. The van der Waals surface area contributed by atoms with Crippen molar-refractivity contribution in [3.63, 3.8) is 0 Å². The van der Waals surface area contributed by atoms with Gasteiger partial charge in [0.2, 0.25) is 16.0 Å². The molecule has 0 amide bonds. The fourth-order valence-electron chi connectivity index (χ4n) is 3.60. The van der Waals surface area contributed by atoms with Gasteiger partial charge in [0.25, 0.3) is 5.69 Å². The van der Waals surface area contributed by atoms with E-state index < -0.39 is 14.9 Å². The summed E-state index contributed by atoms with van der Waals surface area (Å²) in [7, 11) is -2.14. The maximum absolute atomic E-state index is 13.0. The first-order valence-corrected chi connectivity index (χ1v) is 12.0. The molecule has 12 heteroatoms. The number of nitro benzene ring substituents is 1. The number of piperazine rings is 1. The molecule has 1 N–H and O–H groups in total. The Morgan fingerprint density at radius 3 is 2.24 bits per heavy atom. The Balaban J connectivity index is 1.44. The quantitative estimate of drug-likeness (QED) is 0.397. The lowest BCUT2D eigenvalue weighted by Gasteiger charge is -2.34. The lowest BCUT2D eigenvalue weighted by Crippen LogP contribution is -2.49. The van der Waals surface area contributed by atoms with Crippen LogP contribution in [-0.2, 0) is 10.0 Å². The van der Waals surface area contributed by atoms with Crippen molar-refractivity contribution in [1.82, 2.24) is 14.3 Å². The predicted octanol–water partition coefficient (Wildman–Crippen LogP) is 2.96. The molecular formula is C22H24N6O5S. The van der Waals surface area contributed by atoms with Gasteiger partial charge in [-0.1, -0.05) is 0 Å². The number of ether oxygens (including phenoxy) is 1. The van der Waals surface area contributed by atoms with E-state index in [1.165, 1.54) is 28.6 Å². The molecule has 1 aliphatic heterocycles. The number of hydrogen-bond acceptors (Lipinski definition) is 9. The van der Waals surface area contributed by atoms with E-state index in [2.05, 4.69) is 15.3 Å². The molecule has 1 aromatic heterocycles. The minimum atomic E-state index is -3.75. The van der Waals surface area contributed by atoms with Crippen LogP contribution in [0.15, 0.2) is 59.5 Å². The number of nitrogens with zero attached hydrogens (tertiary/aromatic N) is 5. The lowest BCUT2D eigenvalue weighted by molar-refractivity contribution is -0.384. The van der Waals surface area contributed by atoms with Gasteiger partial charge in [-0.15, -0.1) is 0 Å². The van der Waals surface area contributed by atoms with Crippen molar-refractivity contribution in [2.45, 2.75) is 11.8 Å². The molecule has 4 rings (SSSR count). The number of non-ortho nitro benzene ring substituents is 1. The number of sulfonamides is 1. The molecule has 34 heavy (non-hydrogen) atoms. The van der Waals surface area contributed by atoms with E-state index in [-0.39, 0.29) is 23.7 Å². The Morgan fingerprint density at radius 2 is 1.65 bits per heavy atom. The molecule has 1 fully saturated rings. The molecule has 0 spiro atoms. The maximum atomic E-state index is 13.0. The fourth-order valence-corrected chi connectivity index (χ4v) is 5.02. The van der Waals surface area contributed by atoms with Crippen molar-refractivity contribution in [3.05, 3.63) is 70.4 Å². The zero-order chi connectivity index (χ0) is 24.3. The number of hydrogen-bond donors (Lipinski definition) is 1. The van der Waals surface area contributed by atoms with E-state index in [0.717, 1.165) is 17.1 Å². The second-order valence-corrected chi connectivity index (χ2v) is 9.63. The van der Waals surface area contributed by atoms with E-state index in [1.807, 2.05) is 42.2 Å². The first-order valence-electron chi connectivity index (χ1n) is 10.5. The van der Waals surface area contributed by atoms with Gasteiger partial charge >= 0.3 is 0 Å². The van der Waals surface area contributed by atoms with Gasteiger partial charge < -0.3 is 15.0 Å². The number of aromatic nitrogens is 2. The van der Waals surface area contributed by atoms with Gasteiger partial charge in [-0.3, -0.25) is 10.1 Å². The third-order valence-electron chi connectivity index (χ3n) is 5.41. The van der Waals surface area contributed by atoms with Crippen LogP contribution in [0.4, 0.5) is 23.1 Å². The summed E-state index contributed by atoms with van der Waals surface area (Å²) in [5.74, 6) is 1.91. The Kier molecular flexibility index (Phi) is 6.61. The second-order valence-electron chi connectivity index (χ2n) is 7.69. The number of nitro groups is 1. The molecule has 0 unspecified atom stereocenters. The Morgan fingerprint density at radius 1 is 1.00 bits per heavy atom. The summed E-state index contributed by atoms with van der Waals surface area (Å²) in [5.41, 5.74) is 1.48. The van der Waals surface area contributed by atoms with Crippen molar-refractivity contribution in [3.8, 4) is 5.75 Å². The molecule has 0 aliphatic carbocycles. The number of benzene rings is 2. The van der Waals surface area contributed by atoms with Crippen LogP contribution in [0.3, 0.4) is 0 Å². The predicted molar refractivity (Wildman–Crippen MR) is 127 cm³/mol. The highest BCUT2D eigenvalue weighted by atomic mass is 32.2. The van der Waals surface area contributed by atoms with Gasteiger partial charge in [0, 0.05) is 55.8 Å². The average molecular weight is 485 g/mol. The van der Waals surface area contributed by atoms with Crippen LogP contribution in [0.1, 0.15) is 5.69 Å². The molecule has 0 bridgehead atoms. The van der Waals surface area contributed by atoms with Gasteiger partial charge in [-0.05, 0) is 43.3 Å². The minimum Gasteiger partial charge on any atom is -0.497 e. The van der Waals surface area contributed by atoms with E-state index in [4.69, 9.17) is 4.74 Å². The fraction of sp³-hybridized carbons (Fsp3) is 0.273. The van der Waals surface area contributed by atoms with Crippen LogP contribution in [-0.4, -0.2) is 60.9 Å². The van der Waals surface area contributed by atoms with Crippen LogP contribution in [0.2, 0.25) is 0 Å². The van der Waals surface area contributed by atoms with Gasteiger partial charge in [-0.2, -0.15) is 9.29 Å². The monoisotopic (exact) mass is 484 g/mol. The molecule has 2 heterocycles. The highest BCUT2D eigenvalue weighted by molar-refractivity contribution is 7.89. The standard InChI is InChI=1S/C22H24N6O5S/c1-16-15-21(24-17-3-7-19(33-2)8-4-17)25-22(23-16)26-11-13-27(14-12-26)34(31,32)20-9-5-18(6-10-20)28(29)30/h3-10,15H,11-14H2,1-2H3,(H,23,24,25). The number of nitrogens with one attached hydrogen (secondary N) is 1. The average Bonchev–Trinajstić information content (AvgIpc) is 2.84. The molecular weight excluding hydrogens is 460 g/mol. The van der Waals surface area contributed by atoms with Crippen molar-refractivity contribution in [2.75, 3.05) is 43.5 Å². The smallest absolute Gasteiger partial charge is 0.269 e. The Labute approximate surface area is 197 Å². The van der Waals surface area contributed by atoms with Crippen molar-refractivity contribution in [1.29, 1.82) is 0 Å². The minimum absolute atomic E-state index is 0.0318. The van der Waals surface area contributed by atoms with Crippen LogP contribution >= 0.6 is 0 Å². The van der Waals surface area contributed by atoms with Crippen LogP contribution < -0.4 is 15.0 Å². The summed E-state index contributed by atoms with van der Waals surface area (Å²) < 4.78 is 32.5. The zero-order valence-electron chi connectivity index (χ0n) is 18.7. The summed E-state index contributed by atoms with van der Waals surface area (Å²) in [5, 5.41) is 14.1. The van der Waals surface area contributed by atoms with Crippen molar-refractivity contribution >= 4 is 33.2 Å². The molecule has 1 aliphatic rings. The lowest BCUT2D eigenvalue weighted by atomic mass is 10.3. The second kappa shape index (κ2) is 9.61. The molecule has 3 aromatic rings. The summed E-state index contributed by atoms with van der Waals surface area (Å²) in [4.78, 5) is 21.4. The van der Waals surface area contributed by atoms with Crippen LogP contribution in [0.25, 0.3) is 0 Å². The molecule has 1 saturated heterocycles. The summed E-state index contributed by atoms with van der Waals surface area (Å²) >= 11 is 0. The van der Waals surface area contributed by atoms with Gasteiger partial charge in [0.15, 0.2) is 0 Å². The highest BCUT2D eigenvalue weighted by Gasteiger charge is 2.30. The van der Waals surface area contributed by atoms with E-state index >= 15 is 0 Å². The third-order valence-corrected chi connectivity index (χ3v) is 7.32. The van der Waals surface area contributed by atoms with Crippen LogP contribution in [0.5, 0.6) is 5.75 Å². The first kappa shape index (κ1) is 23.4. The molecule has 2 aromatic carbocycles. The van der Waals surface area contributed by atoms with Gasteiger partial charge in [-0.25, -0.2) is 13.4 Å². The topological polar surface area (TPSA) is 131 Å². The molecule has 178 valence electrons. The van der Waals surface area contributed by atoms with Gasteiger partial charge in [0.05, 0.1) is 16.9 Å². The molecule has 0 radical (unpaired) electrons. The SMILES string of the molecule is COc1ccc(Nc2cc(C)nc(N3CCN(S(=O)(=O)c4ccc([N+](=O)[O-])cc4)CC3)n2)cc1. The molecule has 0 saturated carbocycles. The number of anilines is 3. The van der Waals surface area contributed by atoms with E-state index in [0.29, 0.717) is 24.9 Å². The Bertz CT molecular complexity index is 1270. The number of rotatable bonds is 7. The van der Waals surface area contributed by atoms with Crippen LogP contribution in [0, 0.1) is 17.0 Å². The molecule has 11 nitrogen and oxygen atoms in total. The van der Waals surface area contributed by atoms with E-state index in [9.17, 15) is 18.5 Å². The summed E-state index contributed by atoms with van der Waals surface area (Å²) in [6.45, 7) is 3.20. The zero-order valence-corrected chi connectivity index (χ0v) is 19.5. The normalized spacial score (nSPS) is 14.6.